The fourth-order valence-electron chi connectivity index (χ4n) is 4.59. The van der Waals surface area contributed by atoms with Crippen molar-refractivity contribution in [2.24, 2.45) is 0 Å². The molecule has 1 saturated heterocycles. The van der Waals surface area contributed by atoms with Crippen molar-refractivity contribution in [3.8, 4) is 11.8 Å². The topological polar surface area (TPSA) is 122 Å². The van der Waals surface area contributed by atoms with Crippen molar-refractivity contribution in [2.75, 3.05) is 37.7 Å². The van der Waals surface area contributed by atoms with Crippen molar-refractivity contribution in [3.05, 3.63) is 57.8 Å². The molecule has 0 spiro atoms. The standard InChI is InChI=1S/C25H26F3N5O5/c26-25(27,28)21-13-20(6-7-22(21)33(35)36)38-19-4-2-18(3-5-19)37-16-24(34)32-11-9-31(10-12-32)23-8-1-17(14-29)15-30-23/h1,6-8,13,15,18-19H,2-5,9-12,16H2. The average molecular weight is 534 g/mol. The first-order chi connectivity index (χ1) is 18.1. The summed E-state index contributed by atoms with van der Waals surface area (Å²) in [6.07, 6.45) is -1.66. The smallest absolute Gasteiger partial charge is 0.423 e. The van der Waals surface area contributed by atoms with Crippen LogP contribution in [0, 0.1) is 21.4 Å². The average Bonchev–Trinajstić information content (AvgIpc) is 2.92. The number of nitro benzene ring substituents is 1. The molecule has 38 heavy (non-hydrogen) atoms. The van der Waals surface area contributed by atoms with Crippen LogP contribution >= 0.6 is 0 Å². The summed E-state index contributed by atoms with van der Waals surface area (Å²) in [6, 6.07) is 8.17. The molecule has 13 heteroatoms. The Balaban J connectivity index is 1.20. The third-order valence-corrected chi connectivity index (χ3v) is 6.67. The zero-order valence-corrected chi connectivity index (χ0v) is 20.4. The number of amides is 1. The number of halogens is 3. The van der Waals surface area contributed by atoms with Gasteiger partial charge in [-0.1, -0.05) is 0 Å². The molecule has 0 unspecified atom stereocenters. The molecule has 1 amide bonds. The number of nitriles is 1. The van der Waals surface area contributed by atoms with E-state index in [0.29, 0.717) is 63.5 Å². The van der Waals surface area contributed by atoms with Crippen LogP contribution in [0.4, 0.5) is 24.7 Å². The molecule has 1 saturated carbocycles. The number of pyridine rings is 1. The number of piperazine rings is 1. The van der Waals surface area contributed by atoms with Crippen LogP contribution in [0.25, 0.3) is 0 Å². The van der Waals surface area contributed by atoms with Crippen LogP contribution in [0.15, 0.2) is 36.5 Å². The Morgan fingerprint density at radius 3 is 2.37 bits per heavy atom. The van der Waals surface area contributed by atoms with Crippen LogP contribution in [0.3, 0.4) is 0 Å². The van der Waals surface area contributed by atoms with E-state index < -0.39 is 22.4 Å². The summed E-state index contributed by atoms with van der Waals surface area (Å²) in [5, 5.41) is 19.8. The summed E-state index contributed by atoms with van der Waals surface area (Å²) in [4.78, 5) is 30.6. The normalized spacial score (nSPS) is 20.1. The SMILES string of the molecule is N#Cc1ccc(N2CCN(C(=O)COC3CCC(Oc4ccc([N+](=O)[O-])c(C(F)(F)F)c4)CC3)CC2)nc1. The van der Waals surface area contributed by atoms with E-state index in [2.05, 4.69) is 9.88 Å². The molecule has 202 valence electrons. The minimum atomic E-state index is -4.87. The van der Waals surface area contributed by atoms with Gasteiger partial charge >= 0.3 is 6.18 Å². The Labute approximate surface area is 216 Å². The fraction of sp³-hybridized carbons (Fsp3) is 0.480. The predicted molar refractivity (Wildman–Crippen MR) is 128 cm³/mol. The van der Waals surface area contributed by atoms with Gasteiger partial charge in [-0.15, -0.1) is 0 Å². The Hall–Kier alpha value is -3.92. The second kappa shape index (κ2) is 11.6. The fourth-order valence-corrected chi connectivity index (χ4v) is 4.59. The Bertz CT molecular complexity index is 1190. The van der Waals surface area contributed by atoms with Crippen molar-refractivity contribution >= 4 is 17.4 Å². The molecule has 4 rings (SSSR count). The van der Waals surface area contributed by atoms with Gasteiger partial charge in [-0.3, -0.25) is 14.9 Å². The summed E-state index contributed by atoms with van der Waals surface area (Å²) in [7, 11) is 0. The van der Waals surface area contributed by atoms with Crippen molar-refractivity contribution in [2.45, 2.75) is 44.1 Å². The lowest BCUT2D eigenvalue weighted by Crippen LogP contribution is -2.50. The van der Waals surface area contributed by atoms with Crippen molar-refractivity contribution in [3.63, 3.8) is 0 Å². The van der Waals surface area contributed by atoms with E-state index in [1.54, 1.807) is 17.0 Å². The maximum absolute atomic E-state index is 13.2. The Morgan fingerprint density at radius 1 is 1.11 bits per heavy atom. The first kappa shape index (κ1) is 27.1. The monoisotopic (exact) mass is 533 g/mol. The van der Waals surface area contributed by atoms with E-state index >= 15 is 0 Å². The molecule has 0 atom stereocenters. The van der Waals surface area contributed by atoms with E-state index in [4.69, 9.17) is 14.7 Å². The molecule has 0 bridgehead atoms. The number of ether oxygens (including phenoxy) is 2. The molecule has 2 fully saturated rings. The third-order valence-electron chi connectivity index (χ3n) is 6.67. The highest BCUT2D eigenvalue weighted by atomic mass is 19.4. The maximum atomic E-state index is 13.2. The number of nitrogens with zero attached hydrogens (tertiary/aromatic N) is 5. The first-order valence-corrected chi connectivity index (χ1v) is 12.2. The number of hydrogen-bond acceptors (Lipinski definition) is 8. The summed E-state index contributed by atoms with van der Waals surface area (Å²) in [6.45, 7) is 2.24. The van der Waals surface area contributed by atoms with Gasteiger partial charge in [0, 0.05) is 38.4 Å². The van der Waals surface area contributed by atoms with Gasteiger partial charge in [0.1, 0.15) is 29.8 Å². The van der Waals surface area contributed by atoms with E-state index in [1.807, 2.05) is 6.07 Å². The van der Waals surface area contributed by atoms with Crippen molar-refractivity contribution in [1.29, 1.82) is 5.26 Å². The van der Waals surface area contributed by atoms with Gasteiger partial charge in [-0.2, -0.15) is 18.4 Å². The van der Waals surface area contributed by atoms with Gasteiger partial charge in [0.2, 0.25) is 5.91 Å². The molecule has 10 nitrogen and oxygen atoms in total. The lowest BCUT2D eigenvalue weighted by atomic mass is 9.95. The second-order valence-corrected chi connectivity index (χ2v) is 9.15. The number of anilines is 1. The molecule has 1 aliphatic carbocycles. The number of hydrogen-bond donors (Lipinski definition) is 0. The predicted octanol–water partition coefficient (Wildman–Crippen LogP) is 3.94. The Morgan fingerprint density at radius 2 is 1.79 bits per heavy atom. The van der Waals surface area contributed by atoms with Crippen LogP contribution in [0.2, 0.25) is 0 Å². The van der Waals surface area contributed by atoms with E-state index in [1.165, 1.54) is 12.3 Å². The molecule has 2 heterocycles. The van der Waals surface area contributed by atoms with E-state index in [9.17, 15) is 28.1 Å². The summed E-state index contributed by atoms with van der Waals surface area (Å²) >= 11 is 0. The quantitative estimate of drug-likeness (QED) is 0.388. The lowest BCUT2D eigenvalue weighted by molar-refractivity contribution is -0.388. The van der Waals surface area contributed by atoms with Crippen LogP contribution in [0.1, 0.15) is 36.8 Å². The molecule has 0 radical (unpaired) electrons. The maximum Gasteiger partial charge on any atom is 0.423 e. The van der Waals surface area contributed by atoms with Crippen molar-refractivity contribution < 1.29 is 32.4 Å². The molecular weight excluding hydrogens is 507 g/mol. The zero-order valence-electron chi connectivity index (χ0n) is 20.4. The number of carbonyl (C=O) groups is 1. The lowest BCUT2D eigenvalue weighted by Gasteiger charge is -2.36. The van der Waals surface area contributed by atoms with Gasteiger partial charge in [0.25, 0.3) is 5.69 Å². The van der Waals surface area contributed by atoms with Gasteiger partial charge in [-0.05, 0) is 49.9 Å². The number of aromatic nitrogens is 1. The molecule has 1 aliphatic heterocycles. The molecule has 2 aliphatic rings. The molecule has 1 aromatic heterocycles. The zero-order chi connectivity index (χ0) is 27.3. The van der Waals surface area contributed by atoms with Crippen LogP contribution < -0.4 is 9.64 Å². The first-order valence-electron chi connectivity index (χ1n) is 12.2. The number of rotatable bonds is 7. The number of benzene rings is 1. The largest absolute Gasteiger partial charge is 0.490 e. The molecule has 1 aromatic carbocycles. The highest BCUT2D eigenvalue weighted by Gasteiger charge is 2.39. The van der Waals surface area contributed by atoms with Gasteiger partial charge in [0.15, 0.2) is 0 Å². The summed E-state index contributed by atoms with van der Waals surface area (Å²) < 4.78 is 51.1. The minimum absolute atomic E-state index is 0.0530. The van der Waals surface area contributed by atoms with Crippen LogP contribution in [0.5, 0.6) is 5.75 Å². The van der Waals surface area contributed by atoms with Crippen molar-refractivity contribution in [1.82, 2.24) is 9.88 Å². The van der Waals surface area contributed by atoms with E-state index in [0.717, 1.165) is 11.9 Å². The highest BCUT2D eigenvalue weighted by molar-refractivity contribution is 5.77. The van der Waals surface area contributed by atoms with Gasteiger partial charge in [0.05, 0.1) is 22.7 Å². The van der Waals surface area contributed by atoms with Gasteiger partial charge in [-0.25, -0.2) is 4.98 Å². The molecular formula is C25H26F3N5O5. The summed E-state index contributed by atoms with van der Waals surface area (Å²) in [5.74, 6) is 0.578. The van der Waals surface area contributed by atoms with E-state index in [-0.39, 0.29) is 30.5 Å². The second-order valence-electron chi connectivity index (χ2n) is 9.15. The third kappa shape index (κ3) is 6.69. The summed E-state index contributed by atoms with van der Waals surface area (Å²) in [5.41, 5.74) is -1.87. The number of carbonyl (C=O) groups excluding carboxylic acids is 1. The molecule has 2 aromatic rings. The number of alkyl halides is 3. The minimum Gasteiger partial charge on any atom is -0.490 e. The van der Waals surface area contributed by atoms with Crippen LogP contribution in [-0.4, -0.2) is 65.7 Å². The molecule has 0 N–H and O–H groups in total. The van der Waals surface area contributed by atoms with Crippen LogP contribution in [-0.2, 0) is 15.7 Å². The number of nitro groups is 1. The highest BCUT2D eigenvalue weighted by Crippen LogP contribution is 2.38. The Kier molecular flexibility index (Phi) is 8.31. The van der Waals surface area contributed by atoms with Gasteiger partial charge < -0.3 is 19.3 Å².